The second kappa shape index (κ2) is 3.69. The van der Waals surface area contributed by atoms with E-state index in [1.165, 1.54) is 18.2 Å². The van der Waals surface area contributed by atoms with Crippen LogP contribution in [0.5, 0.6) is 0 Å². The lowest BCUT2D eigenvalue weighted by Gasteiger charge is -2.31. The Kier molecular flexibility index (Phi) is 2.36. The van der Waals surface area contributed by atoms with Gasteiger partial charge in [0.1, 0.15) is 4.90 Å². The van der Waals surface area contributed by atoms with Gasteiger partial charge < -0.3 is 10.0 Å². The molecule has 1 saturated carbocycles. The van der Waals surface area contributed by atoms with Crippen LogP contribution in [-0.4, -0.2) is 32.2 Å². The van der Waals surface area contributed by atoms with Crippen molar-refractivity contribution in [2.24, 2.45) is 0 Å². The number of benzene rings is 1. The molecule has 0 unspecified atom stereocenters. The van der Waals surface area contributed by atoms with Crippen molar-refractivity contribution in [1.82, 2.24) is 4.72 Å². The molecule has 1 aliphatic carbocycles. The van der Waals surface area contributed by atoms with Gasteiger partial charge in [-0.25, -0.2) is 13.2 Å². The van der Waals surface area contributed by atoms with Crippen molar-refractivity contribution in [2.75, 3.05) is 11.6 Å². The molecule has 0 spiro atoms. The third-order valence-corrected chi connectivity index (χ3v) is 4.65. The van der Waals surface area contributed by atoms with E-state index < -0.39 is 16.0 Å². The number of fused-ring (bicyclic) bond motifs is 1. The normalized spacial score (nSPS) is 21.4. The van der Waals surface area contributed by atoms with Crippen molar-refractivity contribution in [2.45, 2.75) is 23.8 Å². The summed E-state index contributed by atoms with van der Waals surface area (Å²) >= 11 is 0. The second-order valence-electron chi connectivity index (χ2n) is 4.49. The number of nitrogens with zero attached hydrogens (tertiary/aromatic N) is 1. The predicted molar refractivity (Wildman–Crippen MR) is 64.1 cm³/mol. The first-order valence-corrected chi connectivity index (χ1v) is 7.11. The zero-order chi connectivity index (χ0) is 12.9. The van der Waals surface area contributed by atoms with Gasteiger partial charge in [0.25, 0.3) is 0 Å². The van der Waals surface area contributed by atoms with E-state index in [2.05, 4.69) is 4.72 Å². The van der Waals surface area contributed by atoms with Gasteiger partial charge in [0.2, 0.25) is 10.0 Å². The van der Waals surface area contributed by atoms with Crippen molar-refractivity contribution < 1.29 is 18.3 Å². The highest BCUT2D eigenvalue weighted by molar-refractivity contribution is 7.89. The van der Waals surface area contributed by atoms with Crippen LogP contribution >= 0.6 is 0 Å². The summed E-state index contributed by atoms with van der Waals surface area (Å²) in [6.07, 6.45) is 2.02. The van der Waals surface area contributed by atoms with Crippen LogP contribution in [0.2, 0.25) is 0 Å². The fourth-order valence-electron chi connectivity index (χ4n) is 2.13. The van der Waals surface area contributed by atoms with Crippen molar-refractivity contribution in [1.29, 1.82) is 0 Å². The van der Waals surface area contributed by atoms with E-state index in [1.54, 1.807) is 0 Å². The van der Waals surface area contributed by atoms with Crippen LogP contribution in [0.3, 0.4) is 0 Å². The minimum atomic E-state index is -3.51. The smallest absolute Gasteiger partial charge is 0.335 e. The summed E-state index contributed by atoms with van der Waals surface area (Å²) in [5, 5.41) is 8.97. The van der Waals surface area contributed by atoms with E-state index in [0.717, 1.165) is 12.8 Å². The largest absolute Gasteiger partial charge is 0.478 e. The minimum absolute atomic E-state index is 0.108. The van der Waals surface area contributed by atoms with E-state index in [0.29, 0.717) is 11.7 Å². The lowest BCUT2D eigenvalue weighted by atomic mass is 10.2. The Morgan fingerprint density at radius 3 is 2.72 bits per heavy atom. The molecule has 0 atom stereocenters. The zero-order valence-corrected chi connectivity index (χ0v) is 10.3. The Bertz CT molecular complexity index is 622. The van der Waals surface area contributed by atoms with Crippen LogP contribution in [0.25, 0.3) is 0 Å². The number of carboxylic acid groups (broad SMARTS) is 1. The van der Waals surface area contributed by atoms with Gasteiger partial charge in [-0.15, -0.1) is 0 Å². The van der Waals surface area contributed by atoms with E-state index >= 15 is 0 Å². The highest BCUT2D eigenvalue weighted by atomic mass is 32.2. The molecule has 2 aliphatic rings. The van der Waals surface area contributed by atoms with Crippen LogP contribution in [0.1, 0.15) is 23.2 Å². The molecule has 0 amide bonds. The number of carboxylic acids is 1. The van der Waals surface area contributed by atoms with E-state index in [9.17, 15) is 13.2 Å². The Balaban J connectivity index is 2.16. The molecule has 1 aromatic rings. The average molecular weight is 268 g/mol. The van der Waals surface area contributed by atoms with Crippen LogP contribution in [0.15, 0.2) is 23.1 Å². The number of sulfonamides is 1. The van der Waals surface area contributed by atoms with Crippen molar-refractivity contribution in [3.8, 4) is 0 Å². The summed E-state index contributed by atoms with van der Waals surface area (Å²) < 4.78 is 26.2. The SMILES string of the molecule is O=C(O)c1ccc2c(c1)N(C1CC1)CNS2(=O)=O. The number of rotatable bonds is 2. The third kappa shape index (κ3) is 1.75. The molecule has 0 radical (unpaired) electrons. The molecule has 7 heteroatoms. The molecule has 0 bridgehead atoms. The van der Waals surface area contributed by atoms with E-state index in [4.69, 9.17) is 5.11 Å². The maximum Gasteiger partial charge on any atom is 0.335 e. The van der Waals surface area contributed by atoms with Gasteiger partial charge in [-0.05, 0) is 31.0 Å². The molecule has 18 heavy (non-hydrogen) atoms. The molecule has 6 nitrogen and oxygen atoms in total. The van der Waals surface area contributed by atoms with Gasteiger partial charge in [0.15, 0.2) is 0 Å². The average Bonchev–Trinajstić information content (AvgIpc) is 3.12. The standard InChI is InChI=1S/C11H12N2O4S/c14-11(15)7-1-4-10-9(5-7)13(8-2-3-8)6-12-18(10,16)17/h1,4-5,8,12H,2-3,6H2,(H,14,15). The van der Waals surface area contributed by atoms with Gasteiger partial charge in [-0.2, -0.15) is 4.72 Å². The number of carbonyl (C=O) groups is 1. The molecule has 1 heterocycles. The quantitative estimate of drug-likeness (QED) is 0.820. The van der Waals surface area contributed by atoms with Gasteiger partial charge in [-0.3, -0.25) is 0 Å². The monoisotopic (exact) mass is 268 g/mol. The Morgan fingerprint density at radius 2 is 2.11 bits per heavy atom. The molecule has 96 valence electrons. The number of aromatic carboxylic acids is 1. The summed E-state index contributed by atoms with van der Waals surface area (Å²) in [7, 11) is -3.51. The summed E-state index contributed by atoms with van der Waals surface area (Å²) in [5.74, 6) is -1.05. The van der Waals surface area contributed by atoms with Crippen LogP contribution < -0.4 is 9.62 Å². The number of nitrogens with one attached hydrogen (secondary N) is 1. The molecule has 0 saturated heterocycles. The molecule has 1 fully saturated rings. The zero-order valence-electron chi connectivity index (χ0n) is 9.46. The van der Waals surface area contributed by atoms with E-state index in [1.807, 2.05) is 4.90 Å². The van der Waals surface area contributed by atoms with Crippen LogP contribution in [-0.2, 0) is 10.0 Å². The topological polar surface area (TPSA) is 86.7 Å². The Labute approximate surface area is 104 Å². The van der Waals surface area contributed by atoms with E-state index in [-0.39, 0.29) is 17.1 Å². The number of hydrogen-bond donors (Lipinski definition) is 2. The van der Waals surface area contributed by atoms with Gasteiger partial charge in [0.05, 0.1) is 17.9 Å². The molecule has 3 rings (SSSR count). The van der Waals surface area contributed by atoms with Gasteiger partial charge >= 0.3 is 5.97 Å². The minimum Gasteiger partial charge on any atom is -0.478 e. The first-order chi connectivity index (χ1) is 8.49. The highest BCUT2D eigenvalue weighted by Crippen LogP contribution is 2.37. The third-order valence-electron chi connectivity index (χ3n) is 3.22. The van der Waals surface area contributed by atoms with Crippen molar-refractivity contribution in [3.63, 3.8) is 0 Å². The molecule has 1 aliphatic heterocycles. The number of anilines is 1. The second-order valence-corrected chi connectivity index (χ2v) is 6.23. The fourth-order valence-corrected chi connectivity index (χ4v) is 3.29. The highest BCUT2D eigenvalue weighted by Gasteiger charge is 2.36. The van der Waals surface area contributed by atoms with Crippen molar-refractivity contribution in [3.05, 3.63) is 23.8 Å². The summed E-state index contributed by atoms with van der Waals surface area (Å²) in [4.78, 5) is 13.0. The van der Waals surface area contributed by atoms with Crippen molar-refractivity contribution >= 4 is 21.7 Å². The number of hydrogen-bond acceptors (Lipinski definition) is 4. The molecular weight excluding hydrogens is 256 g/mol. The van der Waals surface area contributed by atoms with Crippen LogP contribution in [0, 0.1) is 0 Å². The van der Waals surface area contributed by atoms with Crippen LogP contribution in [0.4, 0.5) is 5.69 Å². The lowest BCUT2D eigenvalue weighted by Crippen LogP contribution is -2.44. The first kappa shape index (κ1) is 11.5. The van der Waals surface area contributed by atoms with Gasteiger partial charge in [-0.1, -0.05) is 0 Å². The Hall–Kier alpha value is -1.60. The maximum absolute atomic E-state index is 11.9. The fraction of sp³-hybridized carbons (Fsp3) is 0.364. The first-order valence-electron chi connectivity index (χ1n) is 5.63. The van der Waals surface area contributed by atoms with Gasteiger partial charge in [0, 0.05) is 6.04 Å². The molecule has 1 aromatic carbocycles. The molecule has 2 N–H and O–H groups in total. The lowest BCUT2D eigenvalue weighted by molar-refractivity contribution is 0.0696. The predicted octanol–water partition coefficient (Wildman–Crippen LogP) is 0.603. The summed E-state index contributed by atoms with van der Waals surface area (Å²) in [5.41, 5.74) is 0.604. The molecule has 0 aromatic heterocycles. The molecular formula is C11H12N2O4S. The maximum atomic E-state index is 11.9. The summed E-state index contributed by atoms with van der Waals surface area (Å²) in [6.45, 7) is 0.211. The summed E-state index contributed by atoms with van der Waals surface area (Å²) in [6, 6.07) is 4.43. The Morgan fingerprint density at radius 1 is 1.39 bits per heavy atom.